The quantitative estimate of drug-likeness (QED) is 0.866. The Morgan fingerprint density at radius 1 is 1.24 bits per heavy atom. The van der Waals surface area contributed by atoms with Gasteiger partial charge in [-0.15, -0.1) is 0 Å². The first-order valence-electron chi connectivity index (χ1n) is 7.46. The van der Waals surface area contributed by atoms with Gasteiger partial charge < -0.3 is 0 Å². The van der Waals surface area contributed by atoms with Gasteiger partial charge in [0.05, 0.1) is 11.4 Å². The van der Waals surface area contributed by atoms with E-state index in [2.05, 4.69) is 14.9 Å². The Kier molecular flexibility index (Phi) is 4.25. The van der Waals surface area contributed by atoms with Crippen LogP contribution in [-0.2, 0) is 6.54 Å². The molecule has 0 unspecified atom stereocenters. The molecule has 0 N–H and O–H groups in total. The van der Waals surface area contributed by atoms with Crippen LogP contribution in [0.1, 0.15) is 35.7 Å². The molecule has 1 aliphatic rings. The van der Waals surface area contributed by atoms with Crippen LogP contribution in [0.15, 0.2) is 36.7 Å². The zero-order chi connectivity index (χ0) is 14.7. The third-order valence-electron chi connectivity index (χ3n) is 4.07. The molecular weight excluding hydrogens is 265 g/mol. The lowest BCUT2D eigenvalue weighted by Crippen LogP contribution is -2.32. The van der Waals surface area contributed by atoms with E-state index in [1.165, 1.54) is 6.07 Å². The summed E-state index contributed by atoms with van der Waals surface area (Å²) in [6.07, 6.45) is 5.86. The average molecular weight is 285 g/mol. The third-order valence-corrected chi connectivity index (χ3v) is 4.07. The van der Waals surface area contributed by atoms with Gasteiger partial charge in [-0.3, -0.25) is 14.9 Å². The normalized spacial score (nSPS) is 17.0. The van der Waals surface area contributed by atoms with Crippen LogP contribution in [0.5, 0.6) is 0 Å². The largest absolute Gasteiger partial charge is 0.299 e. The molecule has 1 aromatic carbocycles. The number of benzene rings is 1. The Bertz CT molecular complexity index is 606. The summed E-state index contributed by atoms with van der Waals surface area (Å²) in [5.41, 5.74) is 3.14. The number of halogens is 1. The molecule has 0 bridgehead atoms. The Labute approximate surface area is 124 Å². The fourth-order valence-electron chi connectivity index (χ4n) is 2.96. The van der Waals surface area contributed by atoms with Crippen molar-refractivity contribution in [3.8, 4) is 0 Å². The number of hydrogen-bond donors (Lipinski definition) is 0. The number of piperidine rings is 1. The molecule has 110 valence electrons. The first-order valence-corrected chi connectivity index (χ1v) is 7.46. The molecule has 2 heterocycles. The summed E-state index contributed by atoms with van der Waals surface area (Å²) in [6, 6.07) is 6.88. The summed E-state index contributed by atoms with van der Waals surface area (Å²) in [5.74, 6) is 0.346. The highest BCUT2D eigenvalue weighted by Crippen LogP contribution is 2.27. The van der Waals surface area contributed by atoms with E-state index in [-0.39, 0.29) is 5.82 Å². The van der Waals surface area contributed by atoms with Crippen molar-refractivity contribution >= 4 is 0 Å². The maximum Gasteiger partial charge on any atom is 0.123 e. The third kappa shape index (κ3) is 3.64. The molecule has 3 rings (SSSR count). The smallest absolute Gasteiger partial charge is 0.123 e. The zero-order valence-electron chi connectivity index (χ0n) is 12.3. The lowest BCUT2D eigenvalue weighted by atomic mass is 9.93. The van der Waals surface area contributed by atoms with Gasteiger partial charge in [0.2, 0.25) is 0 Å². The second-order valence-electron chi connectivity index (χ2n) is 5.77. The number of aryl methyl sites for hydroxylation is 1. The van der Waals surface area contributed by atoms with Crippen molar-refractivity contribution in [3.63, 3.8) is 0 Å². The predicted molar refractivity (Wildman–Crippen MR) is 80.4 cm³/mol. The van der Waals surface area contributed by atoms with Crippen molar-refractivity contribution in [2.45, 2.75) is 32.2 Å². The van der Waals surface area contributed by atoms with E-state index in [4.69, 9.17) is 0 Å². The molecule has 1 aliphatic heterocycles. The standard InChI is InChI=1S/C17H20FN3/c1-13-10-19-11-17(20-13)15-5-7-21(8-6-15)12-14-3-2-4-16(18)9-14/h2-4,9-11,15H,5-8,12H2,1H3. The van der Waals surface area contributed by atoms with Gasteiger partial charge in [0.15, 0.2) is 0 Å². The van der Waals surface area contributed by atoms with E-state index in [0.717, 1.165) is 49.4 Å². The molecule has 21 heavy (non-hydrogen) atoms. The molecule has 1 aromatic heterocycles. The molecule has 0 aliphatic carbocycles. The molecule has 4 heteroatoms. The maximum absolute atomic E-state index is 13.2. The van der Waals surface area contributed by atoms with Gasteiger partial charge in [0.25, 0.3) is 0 Å². The molecule has 3 nitrogen and oxygen atoms in total. The first kappa shape index (κ1) is 14.1. The summed E-state index contributed by atoms with van der Waals surface area (Å²) < 4.78 is 13.2. The van der Waals surface area contributed by atoms with Gasteiger partial charge in [0.1, 0.15) is 5.82 Å². The lowest BCUT2D eigenvalue weighted by molar-refractivity contribution is 0.203. The summed E-state index contributed by atoms with van der Waals surface area (Å²) >= 11 is 0. The minimum atomic E-state index is -0.155. The number of rotatable bonds is 3. The van der Waals surface area contributed by atoms with Crippen molar-refractivity contribution in [2.75, 3.05) is 13.1 Å². The van der Waals surface area contributed by atoms with Crippen LogP contribution in [0.4, 0.5) is 4.39 Å². The van der Waals surface area contributed by atoms with Crippen LogP contribution in [0.3, 0.4) is 0 Å². The second-order valence-corrected chi connectivity index (χ2v) is 5.77. The minimum Gasteiger partial charge on any atom is -0.299 e. The zero-order valence-corrected chi connectivity index (χ0v) is 12.3. The topological polar surface area (TPSA) is 29.0 Å². The number of nitrogens with zero attached hydrogens (tertiary/aromatic N) is 3. The molecule has 0 atom stereocenters. The Morgan fingerprint density at radius 2 is 2.05 bits per heavy atom. The molecule has 2 aromatic rings. The molecule has 0 spiro atoms. The van der Waals surface area contributed by atoms with Crippen molar-refractivity contribution in [1.82, 2.24) is 14.9 Å². The van der Waals surface area contributed by atoms with E-state index in [1.54, 1.807) is 18.3 Å². The summed E-state index contributed by atoms with van der Waals surface area (Å²) in [6.45, 7) is 4.85. The SMILES string of the molecule is Cc1cncc(C2CCN(Cc3cccc(F)c3)CC2)n1. The van der Waals surface area contributed by atoms with Crippen LogP contribution in [0.25, 0.3) is 0 Å². The molecule has 0 saturated carbocycles. The average Bonchev–Trinajstić information content (AvgIpc) is 2.48. The predicted octanol–water partition coefficient (Wildman–Crippen LogP) is 3.30. The maximum atomic E-state index is 13.2. The first-order chi connectivity index (χ1) is 10.2. The van der Waals surface area contributed by atoms with Crippen molar-refractivity contribution in [2.24, 2.45) is 0 Å². The van der Waals surface area contributed by atoms with E-state index in [1.807, 2.05) is 19.2 Å². The fraction of sp³-hybridized carbons (Fsp3) is 0.412. The van der Waals surface area contributed by atoms with Gasteiger partial charge in [-0.25, -0.2) is 4.39 Å². The molecule has 0 radical (unpaired) electrons. The van der Waals surface area contributed by atoms with E-state index in [9.17, 15) is 4.39 Å². The highest BCUT2D eigenvalue weighted by Gasteiger charge is 2.21. The minimum absolute atomic E-state index is 0.155. The fourth-order valence-corrected chi connectivity index (χ4v) is 2.96. The van der Waals surface area contributed by atoms with Crippen LogP contribution < -0.4 is 0 Å². The van der Waals surface area contributed by atoms with E-state index < -0.39 is 0 Å². The van der Waals surface area contributed by atoms with Crippen LogP contribution in [-0.4, -0.2) is 28.0 Å². The van der Waals surface area contributed by atoms with E-state index >= 15 is 0 Å². The van der Waals surface area contributed by atoms with Gasteiger partial charge in [-0.05, 0) is 50.6 Å². The Morgan fingerprint density at radius 3 is 2.76 bits per heavy atom. The molecular formula is C17H20FN3. The van der Waals surface area contributed by atoms with Gasteiger partial charge in [0, 0.05) is 24.9 Å². The van der Waals surface area contributed by atoms with Crippen molar-refractivity contribution in [1.29, 1.82) is 0 Å². The summed E-state index contributed by atoms with van der Waals surface area (Å²) in [7, 11) is 0. The molecule has 1 saturated heterocycles. The van der Waals surface area contributed by atoms with Crippen LogP contribution >= 0.6 is 0 Å². The van der Waals surface area contributed by atoms with Crippen LogP contribution in [0.2, 0.25) is 0 Å². The van der Waals surface area contributed by atoms with Gasteiger partial charge in [-0.2, -0.15) is 0 Å². The second kappa shape index (κ2) is 6.31. The molecule has 1 fully saturated rings. The van der Waals surface area contributed by atoms with E-state index in [0.29, 0.717) is 5.92 Å². The number of aromatic nitrogens is 2. The molecule has 0 amide bonds. The number of likely N-dealkylation sites (tertiary alicyclic amines) is 1. The van der Waals surface area contributed by atoms with Gasteiger partial charge in [-0.1, -0.05) is 12.1 Å². The highest BCUT2D eigenvalue weighted by atomic mass is 19.1. The summed E-state index contributed by atoms with van der Waals surface area (Å²) in [5, 5.41) is 0. The number of hydrogen-bond acceptors (Lipinski definition) is 3. The lowest BCUT2D eigenvalue weighted by Gasteiger charge is -2.31. The van der Waals surface area contributed by atoms with Gasteiger partial charge >= 0.3 is 0 Å². The monoisotopic (exact) mass is 285 g/mol. The summed E-state index contributed by atoms with van der Waals surface area (Å²) in [4.78, 5) is 11.2. The highest BCUT2D eigenvalue weighted by molar-refractivity contribution is 5.16. The Hall–Kier alpha value is -1.81. The Balaban J connectivity index is 1.58. The van der Waals surface area contributed by atoms with Crippen molar-refractivity contribution < 1.29 is 4.39 Å². The van der Waals surface area contributed by atoms with Crippen molar-refractivity contribution in [3.05, 3.63) is 59.4 Å². The van der Waals surface area contributed by atoms with Crippen LogP contribution in [0, 0.1) is 12.7 Å².